The molecule has 1 N–H and O–H groups in total. The van der Waals surface area contributed by atoms with Crippen molar-refractivity contribution in [1.82, 2.24) is 4.72 Å². The number of halogens is 1. The lowest BCUT2D eigenvalue weighted by Crippen LogP contribution is -2.53. The van der Waals surface area contributed by atoms with Crippen molar-refractivity contribution < 1.29 is 22.7 Å². The third-order valence-electron chi connectivity index (χ3n) is 11.2. The maximum absolute atomic E-state index is 13.4. The Morgan fingerprint density at radius 2 is 1.98 bits per heavy atom. The van der Waals surface area contributed by atoms with E-state index in [1.165, 1.54) is 11.1 Å². The van der Waals surface area contributed by atoms with E-state index in [1.54, 1.807) is 20.1 Å². The molecule has 2 aliphatic heterocycles. The SMILES string of the molecule is CC[C@]1(OC)/C=C/C[C@H](C)[C@@H](C)S(=O)(=O)NC(=O)c2ccc3c(c2)N(C[C@@H]2CC[C@H]21)C[C@@]1(CCCc2cc(Cl)ccc21)CO3. The fourth-order valence-corrected chi connectivity index (χ4v) is 9.58. The quantitative estimate of drug-likeness (QED) is 0.369. The number of carbonyl (C=O) groups is 1. The van der Waals surface area contributed by atoms with Gasteiger partial charge in [0.1, 0.15) is 5.75 Å². The van der Waals surface area contributed by atoms with Gasteiger partial charge in [0, 0.05) is 36.2 Å². The van der Waals surface area contributed by atoms with Crippen LogP contribution in [0.4, 0.5) is 5.69 Å². The Morgan fingerprint density at radius 3 is 2.70 bits per heavy atom. The summed E-state index contributed by atoms with van der Waals surface area (Å²) in [4.78, 5) is 15.8. The standard InChI is InChI=1S/C35H45ClN2O5S/c1-5-35(42-4)17-6-8-23(2)24(3)44(40,41)37-33(39)26-11-15-32-31(19-26)38(20-27-10-13-30(27)35)21-34(22-43-32)16-7-9-25-18-28(36)12-14-29(25)34/h6,11-12,14-15,17-19,23-24,27,30H,5,7-10,13,16,20-22H2,1-4H3,(H,37,39)/b17-6+/t23-,24+,27-,30+,34-,35-/m0/s1. The highest BCUT2D eigenvalue weighted by Gasteiger charge is 2.48. The van der Waals surface area contributed by atoms with Crippen molar-refractivity contribution in [2.75, 3.05) is 31.7 Å². The van der Waals surface area contributed by atoms with Crippen LogP contribution in [0.15, 0.2) is 48.6 Å². The summed E-state index contributed by atoms with van der Waals surface area (Å²) in [5.74, 6) is 0.628. The average Bonchev–Trinajstić information content (AvgIpc) is 3.14. The summed E-state index contributed by atoms with van der Waals surface area (Å²) in [6.45, 7) is 7.81. The first kappa shape index (κ1) is 31.4. The van der Waals surface area contributed by atoms with Crippen molar-refractivity contribution in [2.45, 2.75) is 82.0 Å². The molecule has 6 rings (SSSR count). The first-order chi connectivity index (χ1) is 21.0. The van der Waals surface area contributed by atoms with Gasteiger partial charge in [-0.05, 0) is 111 Å². The molecule has 6 atom stereocenters. The maximum atomic E-state index is 13.4. The van der Waals surface area contributed by atoms with Crippen molar-refractivity contribution >= 4 is 33.2 Å². The summed E-state index contributed by atoms with van der Waals surface area (Å²) in [6.07, 6.45) is 10.9. The van der Waals surface area contributed by atoms with Crippen LogP contribution in [0.2, 0.25) is 5.02 Å². The number of hydrogen-bond donors (Lipinski definition) is 1. The second-order valence-electron chi connectivity index (χ2n) is 13.5. The van der Waals surface area contributed by atoms with Gasteiger partial charge in [-0.2, -0.15) is 0 Å². The number of benzene rings is 2. The topological polar surface area (TPSA) is 84.9 Å². The summed E-state index contributed by atoms with van der Waals surface area (Å²) in [5.41, 5.74) is 3.05. The molecule has 0 unspecified atom stereocenters. The molecule has 2 aromatic carbocycles. The highest BCUT2D eigenvalue weighted by molar-refractivity contribution is 7.90. The lowest BCUT2D eigenvalue weighted by molar-refractivity contribution is -0.0771. The first-order valence-electron chi connectivity index (χ1n) is 16.1. The van der Waals surface area contributed by atoms with E-state index < -0.39 is 26.8 Å². The van der Waals surface area contributed by atoms with E-state index in [0.29, 0.717) is 30.4 Å². The van der Waals surface area contributed by atoms with Crippen molar-refractivity contribution in [3.8, 4) is 5.75 Å². The Morgan fingerprint density at radius 1 is 1.16 bits per heavy atom. The van der Waals surface area contributed by atoms with Gasteiger partial charge in [-0.25, -0.2) is 13.1 Å². The Bertz CT molecular complexity index is 1550. The molecule has 7 nitrogen and oxygen atoms in total. The maximum Gasteiger partial charge on any atom is 0.264 e. The Hall–Kier alpha value is -2.55. The summed E-state index contributed by atoms with van der Waals surface area (Å²) in [5, 5.41) is -0.00165. The summed E-state index contributed by atoms with van der Waals surface area (Å²) in [7, 11) is -2.11. The number of amides is 1. The van der Waals surface area contributed by atoms with E-state index in [1.807, 2.05) is 25.1 Å². The first-order valence-corrected chi connectivity index (χ1v) is 18.0. The molecule has 2 heterocycles. The van der Waals surface area contributed by atoms with Crippen LogP contribution < -0.4 is 14.4 Å². The van der Waals surface area contributed by atoms with Crippen LogP contribution in [0.3, 0.4) is 0 Å². The Kier molecular flexibility index (Phi) is 8.57. The molecular formula is C35H45ClN2O5S. The number of fused-ring (bicyclic) bond motifs is 4. The number of sulfonamides is 1. The zero-order valence-corrected chi connectivity index (χ0v) is 27.8. The summed E-state index contributed by atoms with van der Waals surface area (Å²) < 4.78 is 41.9. The predicted octanol–water partition coefficient (Wildman–Crippen LogP) is 6.68. The third kappa shape index (κ3) is 5.56. The van der Waals surface area contributed by atoms with Crippen LogP contribution >= 0.6 is 11.6 Å². The van der Waals surface area contributed by atoms with E-state index in [9.17, 15) is 13.2 Å². The zero-order chi connectivity index (χ0) is 31.3. The van der Waals surface area contributed by atoms with Crippen LogP contribution in [-0.4, -0.2) is 52.0 Å². The number of nitrogens with one attached hydrogen (secondary N) is 1. The van der Waals surface area contributed by atoms with Crippen LogP contribution in [0.25, 0.3) is 0 Å². The van der Waals surface area contributed by atoms with Gasteiger partial charge in [-0.1, -0.05) is 43.7 Å². The smallest absolute Gasteiger partial charge is 0.264 e. The lowest BCUT2D eigenvalue weighted by Gasteiger charge is -2.50. The summed E-state index contributed by atoms with van der Waals surface area (Å²) >= 11 is 6.43. The molecule has 2 aliphatic carbocycles. The number of allylic oxidation sites excluding steroid dienone is 1. The van der Waals surface area contributed by atoms with Gasteiger partial charge in [0.15, 0.2) is 0 Å². The third-order valence-corrected chi connectivity index (χ3v) is 13.3. The zero-order valence-electron chi connectivity index (χ0n) is 26.3. The molecule has 2 bridgehead atoms. The van der Waals surface area contributed by atoms with Crippen molar-refractivity contribution in [1.29, 1.82) is 0 Å². The number of hydrogen-bond acceptors (Lipinski definition) is 6. The van der Waals surface area contributed by atoms with Gasteiger partial charge in [-0.15, -0.1) is 0 Å². The van der Waals surface area contributed by atoms with Crippen LogP contribution in [0, 0.1) is 17.8 Å². The van der Waals surface area contributed by atoms with Crippen molar-refractivity contribution in [2.24, 2.45) is 17.8 Å². The van der Waals surface area contributed by atoms with E-state index >= 15 is 0 Å². The molecule has 9 heteroatoms. The molecule has 1 amide bonds. The molecule has 238 valence electrons. The molecule has 44 heavy (non-hydrogen) atoms. The van der Waals surface area contributed by atoms with Crippen LogP contribution in [-0.2, 0) is 26.6 Å². The number of rotatable bonds is 2. The van der Waals surface area contributed by atoms with Crippen LogP contribution in [0.5, 0.6) is 5.75 Å². The molecule has 2 aromatic rings. The minimum absolute atomic E-state index is 0.187. The van der Waals surface area contributed by atoms with E-state index in [2.05, 4.69) is 40.8 Å². The number of methoxy groups -OCH3 is 1. The molecule has 1 spiro atoms. The molecule has 1 fully saturated rings. The molecule has 0 saturated heterocycles. The number of nitrogens with zero attached hydrogens (tertiary/aromatic N) is 1. The number of carbonyl (C=O) groups excluding carboxylic acids is 1. The minimum Gasteiger partial charge on any atom is -0.490 e. The second kappa shape index (κ2) is 12.0. The monoisotopic (exact) mass is 640 g/mol. The van der Waals surface area contributed by atoms with Crippen molar-refractivity contribution in [3.05, 3.63) is 70.3 Å². The largest absolute Gasteiger partial charge is 0.490 e. The Balaban J connectivity index is 1.46. The van der Waals surface area contributed by atoms with Gasteiger partial charge in [0.25, 0.3) is 5.91 Å². The molecular weight excluding hydrogens is 596 g/mol. The number of aryl methyl sites for hydroxylation is 1. The molecule has 4 aliphatic rings. The average molecular weight is 641 g/mol. The van der Waals surface area contributed by atoms with Gasteiger partial charge >= 0.3 is 0 Å². The van der Waals surface area contributed by atoms with E-state index in [-0.39, 0.29) is 11.3 Å². The summed E-state index contributed by atoms with van der Waals surface area (Å²) in [6, 6.07) is 11.6. The van der Waals surface area contributed by atoms with Gasteiger partial charge < -0.3 is 14.4 Å². The highest BCUT2D eigenvalue weighted by atomic mass is 35.5. The predicted molar refractivity (Wildman–Crippen MR) is 175 cm³/mol. The number of anilines is 1. The fourth-order valence-electron chi connectivity index (χ4n) is 8.10. The van der Waals surface area contributed by atoms with Gasteiger partial charge in [0.05, 0.1) is 23.1 Å². The fraction of sp³-hybridized carbons (Fsp3) is 0.571. The van der Waals surface area contributed by atoms with Gasteiger partial charge in [0.2, 0.25) is 10.0 Å². The van der Waals surface area contributed by atoms with Crippen molar-refractivity contribution in [3.63, 3.8) is 0 Å². The molecule has 1 saturated carbocycles. The Labute approximate surface area is 267 Å². The van der Waals surface area contributed by atoms with Crippen LogP contribution in [0.1, 0.15) is 80.8 Å². The second-order valence-corrected chi connectivity index (χ2v) is 16.0. The molecule has 0 aromatic heterocycles. The molecule has 0 radical (unpaired) electrons. The normalized spacial score (nSPS) is 34.0. The minimum atomic E-state index is -3.91. The highest BCUT2D eigenvalue weighted by Crippen LogP contribution is 2.49. The lowest BCUT2D eigenvalue weighted by atomic mass is 9.63. The number of ether oxygens (including phenoxy) is 2. The van der Waals surface area contributed by atoms with Gasteiger partial charge in [-0.3, -0.25) is 4.79 Å². The van der Waals surface area contributed by atoms with E-state index in [0.717, 1.165) is 68.1 Å². The van der Waals surface area contributed by atoms with E-state index in [4.69, 9.17) is 21.1 Å².